The van der Waals surface area contributed by atoms with Crippen LogP contribution in [0.2, 0.25) is 0 Å². The Bertz CT molecular complexity index is 214. The molecule has 0 bridgehead atoms. The highest BCUT2D eigenvalue weighted by atomic mass is 32.5. The van der Waals surface area contributed by atoms with Gasteiger partial charge in [-0.1, -0.05) is 0 Å². The molecule has 0 saturated carbocycles. The summed E-state index contributed by atoms with van der Waals surface area (Å²) in [6.45, 7) is -3.01. The quantitative estimate of drug-likeness (QED) is 0.581. The molecule has 0 aliphatic carbocycles. The van der Waals surface area contributed by atoms with E-state index >= 15 is 0 Å². The molecular formula is C4H8NO4PS. The van der Waals surface area contributed by atoms with Crippen LogP contribution in [-0.2, 0) is 16.5 Å². The molecule has 1 fully saturated rings. The molecule has 11 heavy (non-hydrogen) atoms. The third-order valence-electron chi connectivity index (χ3n) is 1.27. The van der Waals surface area contributed by atoms with Gasteiger partial charge in [0, 0.05) is 6.54 Å². The number of cyclic esters (lactones) is 1. The zero-order valence-corrected chi connectivity index (χ0v) is 7.35. The number of carbonyl (C=O) groups excluding carboxylic acids is 1. The maximum Gasteiger partial charge on any atom is 0.416 e. The van der Waals surface area contributed by atoms with Gasteiger partial charge >= 0.3 is 6.09 Å². The maximum atomic E-state index is 10.8. The molecule has 1 aliphatic rings. The Kier molecular flexibility index (Phi) is 2.49. The molecule has 0 aromatic rings. The Morgan fingerprint density at radius 1 is 1.64 bits per heavy atom. The van der Waals surface area contributed by atoms with Crippen LogP contribution in [0.15, 0.2) is 0 Å². The number of carbonyl (C=O) groups is 1. The summed E-state index contributed by atoms with van der Waals surface area (Å²) in [7, 11) is 0. The second-order valence-electron chi connectivity index (χ2n) is 2.10. The van der Waals surface area contributed by atoms with Gasteiger partial charge in [0.25, 0.3) is 6.64 Å². The fourth-order valence-corrected chi connectivity index (χ4v) is 1.89. The minimum absolute atomic E-state index is 0.267. The number of amides is 1. The predicted molar refractivity (Wildman–Crippen MR) is 41.4 cm³/mol. The molecule has 1 aliphatic heterocycles. The van der Waals surface area contributed by atoms with Crippen molar-refractivity contribution in [3.63, 3.8) is 0 Å². The van der Waals surface area contributed by atoms with E-state index in [1.807, 2.05) is 0 Å². The van der Waals surface area contributed by atoms with Crippen molar-refractivity contribution in [2.45, 2.75) is 6.42 Å². The number of rotatable bonds is 1. The summed E-state index contributed by atoms with van der Waals surface area (Å²) in [5.74, 6) is 0. The van der Waals surface area contributed by atoms with E-state index in [-0.39, 0.29) is 6.54 Å². The lowest BCUT2D eigenvalue weighted by atomic mass is 10.4. The zero-order chi connectivity index (χ0) is 8.48. The third kappa shape index (κ3) is 2.13. The van der Waals surface area contributed by atoms with Crippen molar-refractivity contribution in [2.75, 3.05) is 13.2 Å². The van der Waals surface area contributed by atoms with E-state index in [0.29, 0.717) is 13.0 Å². The van der Waals surface area contributed by atoms with Gasteiger partial charge in [-0.15, -0.1) is 0 Å². The highest BCUT2D eigenvalue weighted by Crippen LogP contribution is 2.41. The molecule has 0 aromatic carbocycles. The average Bonchev–Trinajstić information content (AvgIpc) is 1.86. The van der Waals surface area contributed by atoms with Crippen LogP contribution < -0.4 is 0 Å². The topological polar surface area (TPSA) is 70.0 Å². The van der Waals surface area contributed by atoms with E-state index in [1.165, 1.54) is 0 Å². The molecule has 0 aromatic heterocycles. The van der Waals surface area contributed by atoms with Crippen LogP contribution in [0.5, 0.6) is 0 Å². The monoisotopic (exact) mass is 197 g/mol. The predicted octanol–water partition coefficient (Wildman–Crippen LogP) is 0.0378. The van der Waals surface area contributed by atoms with Gasteiger partial charge in [0.15, 0.2) is 0 Å². The van der Waals surface area contributed by atoms with Crippen molar-refractivity contribution < 1.29 is 19.3 Å². The minimum atomic E-state index is -3.61. The normalized spacial score (nSPS) is 19.8. The van der Waals surface area contributed by atoms with Crippen LogP contribution in [0, 0.1) is 0 Å². The van der Waals surface area contributed by atoms with Gasteiger partial charge in [-0.25, -0.2) is 9.46 Å². The second kappa shape index (κ2) is 3.06. The van der Waals surface area contributed by atoms with Crippen LogP contribution >= 0.6 is 6.64 Å². The Balaban J connectivity index is 2.70. The zero-order valence-electron chi connectivity index (χ0n) is 5.63. The Labute approximate surface area is 68.8 Å². The van der Waals surface area contributed by atoms with E-state index in [0.717, 1.165) is 4.67 Å². The fraction of sp³-hybridized carbons (Fsp3) is 0.750. The van der Waals surface area contributed by atoms with Crippen LogP contribution in [0.25, 0.3) is 0 Å². The SMILES string of the molecule is O=C1OCCCN1P(O)(O)=S. The van der Waals surface area contributed by atoms with Crippen LogP contribution in [-0.4, -0.2) is 33.7 Å². The summed E-state index contributed by atoms with van der Waals surface area (Å²) in [6, 6.07) is 0. The van der Waals surface area contributed by atoms with Gasteiger partial charge < -0.3 is 14.5 Å². The smallest absolute Gasteiger partial charge is 0.416 e. The third-order valence-corrected chi connectivity index (χ3v) is 2.85. The lowest BCUT2D eigenvalue weighted by molar-refractivity contribution is 0.0961. The number of nitrogens with zero attached hydrogens (tertiary/aromatic N) is 1. The molecule has 0 spiro atoms. The summed E-state index contributed by atoms with van der Waals surface area (Å²) in [5.41, 5.74) is 0. The van der Waals surface area contributed by atoms with Gasteiger partial charge in [-0.3, -0.25) is 0 Å². The van der Waals surface area contributed by atoms with Gasteiger partial charge in [0.05, 0.1) is 6.61 Å². The van der Waals surface area contributed by atoms with Gasteiger partial charge in [0.2, 0.25) is 0 Å². The molecule has 1 saturated heterocycles. The van der Waals surface area contributed by atoms with E-state index in [9.17, 15) is 4.79 Å². The molecule has 5 nitrogen and oxygen atoms in total. The first-order valence-electron chi connectivity index (χ1n) is 3.02. The summed E-state index contributed by atoms with van der Waals surface area (Å²) < 4.78 is 5.34. The Morgan fingerprint density at radius 2 is 2.27 bits per heavy atom. The van der Waals surface area contributed by atoms with Gasteiger partial charge in [0.1, 0.15) is 0 Å². The number of hydrogen-bond donors (Lipinski definition) is 2. The molecule has 0 atom stereocenters. The van der Waals surface area contributed by atoms with Crippen LogP contribution in [0.3, 0.4) is 0 Å². The molecule has 1 amide bonds. The maximum absolute atomic E-state index is 10.8. The minimum Gasteiger partial charge on any atom is -0.449 e. The van der Waals surface area contributed by atoms with Gasteiger partial charge in [-0.2, -0.15) is 0 Å². The number of ether oxygens (including phenoxy) is 1. The van der Waals surface area contributed by atoms with Crippen molar-refractivity contribution in [3.8, 4) is 0 Å². The van der Waals surface area contributed by atoms with E-state index in [4.69, 9.17) is 9.79 Å². The molecule has 0 unspecified atom stereocenters. The molecule has 64 valence electrons. The Morgan fingerprint density at radius 3 is 2.64 bits per heavy atom. The Hall–Kier alpha value is -0.160. The van der Waals surface area contributed by atoms with Crippen LogP contribution in [0.1, 0.15) is 6.42 Å². The van der Waals surface area contributed by atoms with E-state index in [2.05, 4.69) is 16.5 Å². The summed E-state index contributed by atoms with van der Waals surface area (Å²) in [4.78, 5) is 28.6. The molecule has 2 N–H and O–H groups in total. The summed E-state index contributed by atoms with van der Waals surface area (Å²) >= 11 is 4.33. The van der Waals surface area contributed by atoms with E-state index < -0.39 is 12.7 Å². The summed E-state index contributed by atoms with van der Waals surface area (Å²) in [5, 5.41) is 0. The van der Waals surface area contributed by atoms with Crippen molar-refractivity contribution >= 4 is 24.5 Å². The molecule has 1 rings (SSSR count). The number of hydrogen-bond acceptors (Lipinski definition) is 3. The van der Waals surface area contributed by atoms with Crippen molar-refractivity contribution in [1.29, 1.82) is 0 Å². The molecule has 1 heterocycles. The van der Waals surface area contributed by atoms with Crippen molar-refractivity contribution in [1.82, 2.24) is 4.67 Å². The molecular weight excluding hydrogens is 189 g/mol. The fourth-order valence-electron chi connectivity index (χ4n) is 0.776. The standard InChI is InChI=1S/C4H8NO4PS/c6-4-5(10(7,8)11)2-1-3-9-4/h1-3H2,(H2,7,8,11). The first-order valence-corrected chi connectivity index (χ1v) is 5.68. The largest absolute Gasteiger partial charge is 0.449 e. The lowest BCUT2D eigenvalue weighted by Crippen LogP contribution is -2.34. The highest BCUT2D eigenvalue weighted by molar-refractivity contribution is 8.08. The average molecular weight is 197 g/mol. The first-order chi connectivity index (χ1) is 5.02. The second-order valence-corrected chi connectivity index (χ2v) is 5.08. The highest BCUT2D eigenvalue weighted by Gasteiger charge is 2.29. The van der Waals surface area contributed by atoms with Crippen molar-refractivity contribution in [2.24, 2.45) is 0 Å². The lowest BCUT2D eigenvalue weighted by Gasteiger charge is -2.28. The van der Waals surface area contributed by atoms with Gasteiger partial charge in [-0.05, 0) is 18.2 Å². The molecule has 7 heteroatoms. The molecule has 0 radical (unpaired) electrons. The first kappa shape index (κ1) is 8.93. The summed E-state index contributed by atoms with van der Waals surface area (Å²) in [6.07, 6.45) is -0.143. The van der Waals surface area contributed by atoms with E-state index in [1.54, 1.807) is 0 Å². The van der Waals surface area contributed by atoms with Crippen molar-refractivity contribution in [3.05, 3.63) is 0 Å². The van der Waals surface area contributed by atoms with Crippen LogP contribution in [0.4, 0.5) is 4.79 Å².